The number of unbranched alkanes of at least 4 members (excludes halogenated alkanes) is 39. The molecule has 0 aromatic carbocycles. The van der Waals surface area contributed by atoms with Crippen molar-refractivity contribution in [2.45, 2.75) is 361 Å². The van der Waals surface area contributed by atoms with Crippen LogP contribution in [-0.4, -0.2) is 96.7 Å². The largest absolute Gasteiger partial charge is 0.472 e. The zero-order chi connectivity index (χ0) is 63.5. The Balaban J connectivity index is 5.15. The van der Waals surface area contributed by atoms with Crippen LogP contribution in [-0.2, 0) is 65.4 Å². The van der Waals surface area contributed by atoms with Crippen molar-refractivity contribution in [3.05, 3.63) is 0 Å². The number of rotatable bonds is 67. The predicted octanol–water partition coefficient (Wildman–Crippen LogP) is 19.0. The highest BCUT2D eigenvalue weighted by Gasteiger charge is 2.30. The molecule has 0 fully saturated rings. The molecule has 86 heavy (non-hydrogen) atoms. The van der Waals surface area contributed by atoms with Gasteiger partial charge >= 0.3 is 39.5 Å². The minimum atomic E-state index is -4.95. The van der Waals surface area contributed by atoms with E-state index in [4.69, 9.17) is 37.0 Å². The second-order valence-electron chi connectivity index (χ2n) is 24.7. The number of aliphatic hydroxyl groups excluding tert-OH is 1. The molecule has 0 amide bonds. The minimum absolute atomic E-state index is 0.105. The minimum Gasteiger partial charge on any atom is -0.462 e. The van der Waals surface area contributed by atoms with E-state index in [0.717, 1.165) is 102 Å². The van der Waals surface area contributed by atoms with Gasteiger partial charge in [-0.25, -0.2) is 9.13 Å². The van der Waals surface area contributed by atoms with E-state index >= 15 is 0 Å². The Morgan fingerprint density at radius 3 is 0.791 bits per heavy atom. The fourth-order valence-corrected chi connectivity index (χ4v) is 11.7. The Labute approximate surface area is 524 Å². The van der Waals surface area contributed by atoms with Crippen LogP contribution in [0.3, 0.4) is 0 Å². The molecule has 3 N–H and O–H groups in total. The standard InChI is InChI=1S/C67H130O17P2/c1-6-9-12-15-17-19-20-21-22-26-29-33-36-41-46-51-65(70)78-57-63(84-67(72)53-48-43-38-34-30-27-24-23-25-28-32-35-40-44-49-60(4)5)59-82-86(75,76)80-55-61(68)54-79-85(73,74)81-58-62(56-77-64(69)50-45-39-14-11-8-3)83-66(71)52-47-42-37-31-18-16-13-10-7-2/h60-63,68H,6-59H2,1-5H3,(H,73,74)(H,75,76)/t61-,62+,63+/m0/s1. The fourth-order valence-electron chi connectivity index (χ4n) is 10.1. The van der Waals surface area contributed by atoms with Crippen LogP contribution in [0, 0.1) is 5.92 Å². The first-order valence-corrected chi connectivity index (χ1v) is 38.1. The van der Waals surface area contributed by atoms with Crippen molar-refractivity contribution in [3.63, 3.8) is 0 Å². The van der Waals surface area contributed by atoms with Crippen LogP contribution < -0.4 is 0 Å². The van der Waals surface area contributed by atoms with E-state index in [-0.39, 0.29) is 25.7 Å². The highest BCUT2D eigenvalue weighted by atomic mass is 31.2. The monoisotopic (exact) mass is 1270 g/mol. The molecule has 0 aliphatic rings. The Kier molecular flexibility index (Phi) is 59.2. The van der Waals surface area contributed by atoms with Crippen LogP contribution in [0.2, 0.25) is 0 Å². The van der Waals surface area contributed by atoms with Gasteiger partial charge in [0.15, 0.2) is 12.2 Å². The number of hydrogen-bond acceptors (Lipinski definition) is 15. The number of carbonyl (C=O) groups is 4. The van der Waals surface area contributed by atoms with Crippen molar-refractivity contribution in [1.82, 2.24) is 0 Å². The third-order valence-corrected chi connectivity index (χ3v) is 17.4. The maximum Gasteiger partial charge on any atom is 0.472 e. The number of phosphoric acid groups is 2. The van der Waals surface area contributed by atoms with Gasteiger partial charge in [0.25, 0.3) is 0 Å². The summed E-state index contributed by atoms with van der Waals surface area (Å²) in [7, 11) is -9.88. The van der Waals surface area contributed by atoms with Crippen molar-refractivity contribution < 1.29 is 80.2 Å². The van der Waals surface area contributed by atoms with Gasteiger partial charge < -0.3 is 33.8 Å². The van der Waals surface area contributed by atoms with Crippen molar-refractivity contribution in [3.8, 4) is 0 Å². The molecule has 0 radical (unpaired) electrons. The topological polar surface area (TPSA) is 237 Å². The molecule has 5 atom stereocenters. The molecule has 0 aromatic heterocycles. The van der Waals surface area contributed by atoms with E-state index in [1.54, 1.807) is 0 Å². The van der Waals surface area contributed by atoms with Gasteiger partial charge in [0.1, 0.15) is 19.3 Å². The molecule has 0 aromatic rings. The average molecular weight is 1270 g/mol. The van der Waals surface area contributed by atoms with Crippen LogP contribution in [0.4, 0.5) is 0 Å². The molecule has 0 aliphatic heterocycles. The second kappa shape index (κ2) is 60.6. The van der Waals surface area contributed by atoms with Gasteiger partial charge in [-0.05, 0) is 31.6 Å². The van der Waals surface area contributed by atoms with Crippen LogP contribution >= 0.6 is 15.6 Å². The number of hydrogen-bond donors (Lipinski definition) is 3. The molecule has 2 unspecified atom stereocenters. The molecular formula is C67H130O17P2. The van der Waals surface area contributed by atoms with Gasteiger partial charge in [0, 0.05) is 25.7 Å². The lowest BCUT2D eigenvalue weighted by Gasteiger charge is -2.21. The van der Waals surface area contributed by atoms with Crippen molar-refractivity contribution in [2.75, 3.05) is 39.6 Å². The summed E-state index contributed by atoms with van der Waals surface area (Å²) in [6.45, 7) is 7.14. The highest BCUT2D eigenvalue weighted by molar-refractivity contribution is 7.47. The Hall–Kier alpha value is -1.94. The van der Waals surface area contributed by atoms with E-state index in [1.807, 2.05) is 0 Å². The molecule has 0 bridgehead atoms. The third kappa shape index (κ3) is 60.9. The molecule has 510 valence electrons. The van der Waals surface area contributed by atoms with Crippen molar-refractivity contribution in [1.29, 1.82) is 0 Å². The number of esters is 4. The third-order valence-electron chi connectivity index (χ3n) is 15.5. The fraction of sp³-hybridized carbons (Fsp3) is 0.940. The first-order chi connectivity index (χ1) is 41.5. The average Bonchev–Trinajstić information content (AvgIpc) is 3.51. The zero-order valence-electron chi connectivity index (χ0n) is 55.4. The van der Waals surface area contributed by atoms with Gasteiger partial charge in [-0.2, -0.15) is 0 Å². The summed E-state index contributed by atoms with van der Waals surface area (Å²) in [5, 5.41) is 10.5. The van der Waals surface area contributed by atoms with Gasteiger partial charge in [0.2, 0.25) is 0 Å². The van der Waals surface area contributed by atoms with Crippen molar-refractivity contribution in [2.24, 2.45) is 5.92 Å². The maximum absolute atomic E-state index is 13.0. The van der Waals surface area contributed by atoms with Gasteiger partial charge in [-0.15, -0.1) is 0 Å². The summed E-state index contributed by atoms with van der Waals surface area (Å²) < 4.78 is 67.9. The molecule has 0 rings (SSSR count). The van der Waals surface area contributed by atoms with Gasteiger partial charge in [0.05, 0.1) is 26.4 Å². The van der Waals surface area contributed by atoms with Crippen molar-refractivity contribution >= 4 is 39.5 Å². The Morgan fingerprint density at radius 1 is 0.314 bits per heavy atom. The summed E-state index contributed by atoms with van der Waals surface area (Å²) in [5.41, 5.74) is 0. The SMILES string of the molecule is CCCCCCCCCCCCCCCCCC(=O)OC[C@H](COP(=O)(O)OC[C@@H](O)COP(=O)(O)OC[C@@H](COC(=O)CCCCCCC)OC(=O)CCCCCCCCCCC)OC(=O)CCCCCCCCCCCCCCCCC(C)C. The molecule has 0 aliphatic carbocycles. The lowest BCUT2D eigenvalue weighted by Crippen LogP contribution is -2.30. The summed E-state index contributed by atoms with van der Waals surface area (Å²) >= 11 is 0. The van der Waals surface area contributed by atoms with Gasteiger partial charge in [-0.3, -0.25) is 37.3 Å². The maximum atomic E-state index is 13.0. The molecule has 19 heteroatoms. The van der Waals surface area contributed by atoms with E-state index in [0.29, 0.717) is 25.7 Å². The first kappa shape index (κ1) is 84.1. The van der Waals surface area contributed by atoms with Gasteiger partial charge in [-0.1, -0.05) is 291 Å². The second-order valence-corrected chi connectivity index (χ2v) is 27.6. The van der Waals surface area contributed by atoms with Crippen LogP contribution in [0.5, 0.6) is 0 Å². The lowest BCUT2D eigenvalue weighted by atomic mass is 10.0. The summed E-state index contributed by atoms with van der Waals surface area (Å²) in [6.07, 6.45) is 46.2. The summed E-state index contributed by atoms with van der Waals surface area (Å²) in [6, 6.07) is 0. The quantitative estimate of drug-likeness (QED) is 0.0222. The van der Waals surface area contributed by atoms with E-state index in [2.05, 4.69) is 34.6 Å². The number of carbonyl (C=O) groups excluding carboxylic acids is 4. The van der Waals surface area contributed by atoms with Crippen LogP contribution in [0.15, 0.2) is 0 Å². The predicted molar refractivity (Wildman–Crippen MR) is 345 cm³/mol. The molecule has 0 spiro atoms. The van der Waals surface area contributed by atoms with E-state index < -0.39 is 97.5 Å². The molecular weight excluding hydrogens is 1140 g/mol. The lowest BCUT2D eigenvalue weighted by molar-refractivity contribution is -0.161. The van der Waals surface area contributed by atoms with Crippen LogP contribution in [0.25, 0.3) is 0 Å². The molecule has 17 nitrogen and oxygen atoms in total. The highest BCUT2D eigenvalue weighted by Crippen LogP contribution is 2.45. The normalized spacial score (nSPS) is 14.2. The Morgan fingerprint density at radius 2 is 0.535 bits per heavy atom. The van der Waals surface area contributed by atoms with E-state index in [1.165, 1.54) is 161 Å². The van der Waals surface area contributed by atoms with Crippen LogP contribution in [0.1, 0.15) is 343 Å². The molecule has 0 saturated heterocycles. The molecule has 0 heterocycles. The summed E-state index contributed by atoms with van der Waals surface area (Å²) in [4.78, 5) is 72.1. The summed E-state index contributed by atoms with van der Waals surface area (Å²) in [5.74, 6) is -1.34. The number of aliphatic hydroxyl groups is 1. The zero-order valence-corrected chi connectivity index (χ0v) is 57.2. The number of ether oxygens (including phenoxy) is 4. The number of phosphoric ester groups is 2. The first-order valence-electron chi connectivity index (χ1n) is 35.1. The smallest absolute Gasteiger partial charge is 0.462 e. The van der Waals surface area contributed by atoms with E-state index in [9.17, 15) is 43.2 Å². The Bertz CT molecular complexity index is 1670. The molecule has 0 saturated carbocycles.